The van der Waals surface area contributed by atoms with E-state index >= 15 is 0 Å². The number of nitrogens with one attached hydrogen (secondary N) is 1. The van der Waals surface area contributed by atoms with Crippen LogP contribution in [0.4, 0.5) is 15.8 Å². The zero-order chi connectivity index (χ0) is 14.3. The Labute approximate surface area is 119 Å². The van der Waals surface area contributed by atoms with E-state index in [0.29, 0.717) is 5.69 Å². The van der Waals surface area contributed by atoms with Gasteiger partial charge in [0.2, 0.25) is 0 Å². The predicted molar refractivity (Wildman–Crippen MR) is 79.7 cm³/mol. The molecule has 2 N–H and O–H groups in total. The van der Waals surface area contributed by atoms with Crippen LogP contribution in [0.1, 0.15) is 33.1 Å². The van der Waals surface area contributed by atoms with E-state index in [2.05, 4.69) is 10.2 Å². The Bertz CT molecular complexity index is 497. The van der Waals surface area contributed by atoms with Crippen LogP contribution >= 0.6 is 0 Å². The van der Waals surface area contributed by atoms with Crippen LogP contribution in [0.3, 0.4) is 0 Å². The third-order valence-corrected chi connectivity index (χ3v) is 4.95. The second-order valence-corrected chi connectivity index (χ2v) is 6.63. The van der Waals surface area contributed by atoms with Gasteiger partial charge in [-0.05, 0) is 37.5 Å². The van der Waals surface area contributed by atoms with Crippen molar-refractivity contribution in [2.75, 3.05) is 23.3 Å². The summed E-state index contributed by atoms with van der Waals surface area (Å²) in [6.07, 6.45) is 2.75. The van der Waals surface area contributed by atoms with E-state index in [1.807, 2.05) is 26.0 Å². The highest BCUT2D eigenvalue weighted by molar-refractivity contribution is 5.57. The molecule has 0 aromatic heterocycles. The molecule has 0 amide bonds. The first-order chi connectivity index (χ1) is 9.48. The average Bonchev–Trinajstić information content (AvgIpc) is 2.92. The van der Waals surface area contributed by atoms with Crippen molar-refractivity contribution < 1.29 is 9.50 Å². The number of nitrogens with zero attached hydrogens (tertiary/aromatic N) is 1. The van der Waals surface area contributed by atoms with Crippen molar-refractivity contribution >= 4 is 11.4 Å². The van der Waals surface area contributed by atoms with Crippen LogP contribution in [0.15, 0.2) is 18.2 Å². The molecule has 1 aliphatic heterocycles. The SMILES string of the molecule is CC1(C)C(O)CC1Nc1ccc(N2CCCC2)c(F)c1. The van der Waals surface area contributed by atoms with Gasteiger partial charge < -0.3 is 15.3 Å². The molecule has 3 rings (SSSR count). The molecule has 1 aromatic carbocycles. The fourth-order valence-corrected chi connectivity index (χ4v) is 3.16. The summed E-state index contributed by atoms with van der Waals surface area (Å²) in [6.45, 7) is 5.97. The molecule has 3 nitrogen and oxygen atoms in total. The minimum Gasteiger partial charge on any atom is -0.392 e. The number of rotatable bonds is 3. The Morgan fingerprint density at radius 2 is 2.00 bits per heavy atom. The van der Waals surface area contributed by atoms with Gasteiger partial charge in [-0.15, -0.1) is 0 Å². The molecule has 2 unspecified atom stereocenters. The van der Waals surface area contributed by atoms with Crippen molar-refractivity contribution in [3.63, 3.8) is 0 Å². The first-order valence-electron chi connectivity index (χ1n) is 7.47. The molecule has 0 bridgehead atoms. The van der Waals surface area contributed by atoms with Crippen LogP contribution in [0.25, 0.3) is 0 Å². The lowest BCUT2D eigenvalue weighted by Gasteiger charge is -2.49. The van der Waals surface area contributed by atoms with Crippen LogP contribution in [-0.2, 0) is 0 Å². The van der Waals surface area contributed by atoms with Crippen LogP contribution in [0.5, 0.6) is 0 Å². The van der Waals surface area contributed by atoms with Gasteiger partial charge in [0.05, 0.1) is 11.8 Å². The molecule has 1 aliphatic carbocycles. The first kappa shape index (κ1) is 13.7. The number of hydrogen-bond acceptors (Lipinski definition) is 3. The molecule has 4 heteroatoms. The van der Waals surface area contributed by atoms with Crippen molar-refractivity contribution in [1.29, 1.82) is 0 Å². The lowest BCUT2D eigenvalue weighted by molar-refractivity contribution is -0.0510. The molecule has 0 spiro atoms. The summed E-state index contributed by atoms with van der Waals surface area (Å²) in [5.74, 6) is -0.158. The maximum atomic E-state index is 14.2. The molecule has 2 atom stereocenters. The molecular formula is C16H23FN2O. The summed E-state index contributed by atoms with van der Waals surface area (Å²) in [4.78, 5) is 2.11. The minimum atomic E-state index is -0.270. The largest absolute Gasteiger partial charge is 0.392 e. The fourth-order valence-electron chi connectivity index (χ4n) is 3.16. The van der Waals surface area contributed by atoms with Crippen molar-refractivity contribution in [3.05, 3.63) is 24.0 Å². The lowest BCUT2D eigenvalue weighted by atomic mass is 9.64. The summed E-state index contributed by atoms with van der Waals surface area (Å²) in [5, 5.41) is 13.1. The van der Waals surface area contributed by atoms with Crippen LogP contribution in [0, 0.1) is 11.2 Å². The Morgan fingerprint density at radius 3 is 2.55 bits per heavy atom. The minimum absolute atomic E-state index is 0.149. The maximum absolute atomic E-state index is 14.2. The molecule has 2 fully saturated rings. The van der Waals surface area contributed by atoms with Gasteiger partial charge in [-0.2, -0.15) is 0 Å². The van der Waals surface area contributed by atoms with E-state index in [0.717, 1.165) is 38.0 Å². The second-order valence-electron chi connectivity index (χ2n) is 6.63. The van der Waals surface area contributed by atoms with Gasteiger partial charge in [0, 0.05) is 30.2 Å². The Morgan fingerprint density at radius 1 is 1.30 bits per heavy atom. The van der Waals surface area contributed by atoms with Gasteiger partial charge in [-0.1, -0.05) is 13.8 Å². The van der Waals surface area contributed by atoms with Gasteiger partial charge in [0.15, 0.2) is 0 Å². The predicted octanol–water partition coefficient (Wildman–Crippen LogP) is 3.00. The highest BCUT2D eigenvalue weighted by Crippen LogP contribution is 2.42. The molecule has 1 heterocycles. The highest BCUT2D eigenvalue weighted by Gasteiger charge is 2.47. The standard InChI is InChI=1S/C16H23FN2O/c1-16(2)14(10-15(16)20)18-11-5-6-13(12(17)9-11)19-7-3-4-8-19/h5-6,9,14-15,18,20H,3-4,7-8,10H2,1-2H3. The fraction of sp³-hybridized carbons (Fsp3) is 0.625. The molecule has 1 aromatic rings. The zero-order valence-corrected chi connectivity index (χ0v) is 12.2. The van der Waals surface area contributed by atoms with Gasteiger partial charge >= 0.3 is 0 Å². The molecule has 1 saturated carbocycles. The number of benzene rings is 1. The lowest BCUT2D eigenvalue weighted by Crippen LogP contribution is -2.56. The van der Waals surface area contributed by atoms with Gasteiger partial charge in [-0.3, -0.25) is 0 Å². The van der Waals surface area contributed by atoms with Crippen molar-refractivity contribution in [2.45, 2.75) is 45.3 Å². The van der Waals surface area contributed by atoms with Crippen LogP contribution < -0.4 is 10.2 Å². The van der Waals surface area contributed by atoms with Gasteiger partial charge in [0.1, 0.15) is 5.82 Å². The normalized spacial score (nSPS) is 28.3. The second kappa shape index (κ2) is 4.92. The summed E-state index contributed by atoms with van der Waals surface area (Å²) in [7, 11) is 0. The molecule has 0 radical (unpaired) electrons. The smallest absolute Gasteiger partial charge is 0.148 e. The molecule has 110 valence electrons. The number of aliphatic hydroxyl groups excluding tert-OH is 1. The topological polar surface area (TPSA) is 35.5 Å². The molecular weight excluding hydrogens is 255 g/mol. The number of anilines is 2. The number of halogens is 1. The Balaban J connectivity index is 1.71. The zero-order valence-electron chi connectivity index (χ0n) is 12.2. The summed E-state index contributed by atoms with van der Waals surface area (Å²) in [5.41, 5.74) is 1.36. The maximum Gasteiger partial charge on any atom is 0.148 e. The van der Waals surface area contributed by atoms with Crippen LogP contribution in [0.2, 0.25) is 0 Å². The van der Waals surface area contributed by atoms with Gasteiger partial charge in [0.25, 0.3) is 0 Å². The highest BCUT2D eigenvalue weighted by atomic mass is 19.1. The van der Waals surface area contributed by atoms with E-state index in [-0.39, 0.29) is 23.4 Å². The summed E-state index contributed by atoms with van der Waals surface area (Å²) in [6, 6.07) is 5.59. The van der Waals surface area contributed by atoms with Crippen molar-refractivity contribution in [3.8, 4) is 0 Å². The quantitative estimate of drug-likeness (QED) is 0.892. The monoisotopic (exact) mass is 278 g/mol. The first-order valence-corrected chi connectivity index (χ1v) is 7.47. The average molecular weight is 278 g/mol. The third kappa shape index (κ3) is 2.26. The summed E-state index contributed by atoms with van der Waals surface area (Å²) < 4.78 is 14.2. The van der Waals surface area contributed by atoms with E-state index in [4.69, 9.17) is 0 Å². The Kier molecular flexibility index (Phi) is 3.36. The molecule has 1 saturated heterocycles. The van der Waals surface area contributed by atoms with Gasteiger partial charge in [-0.25, -0.2) is 4.39 Å². The van der Waals surface area contributed by atoms with E-state index in [1.54, 1.807) is 6.07 Å². The van der Waals surface area contributed by atoms with Crippen LogP contribution in [-0.4, -0.2) is 30.3 Å². The van der Waals surface area contributed by atoms with E-state index in [1.165, 1.54) is 0 Å². The number of aliphatic hydroxyl groups is 1. The third-order valence-electron chi connectivity index (χ3n) is 4.95. The van der Waals surface area contributed by atoms with Crippen molar-refractivity contribution in [1.82, 2.24) is 0 Å². The Hall–Kier alpha value is -1.29. The molecule has 20 heavy (non-hydrogen) atoms. The van der Waals surface area contributed by atoms with Crippen molar-refractivity contribution in [2.24, 2.45) is 5.41 Å². The summed E-state index contributed by atoms with van der Waals surface area (Å²) >= 11 is 0. The van der Waals surface area contributed by atoms with E-state index in [9.17, 15) is 9.50 Å². The molecule has 2 aliphatic rings. The van der Waals surface area contributed by atoms with E-state index < -0.39 is 0 Å². The number of hydrogen-bond donors (Lipinski definition) is 2.